The number of hydrogen-bond donors (Lipinski definition) is 1. The van der Waals surface area contributed by atoms with Crippen LogP contribution in [0.5, 0.6) is 0 Å². The van der Waals surface area contributed by atoms with Crippen LogP contribution in [-0.2, 0) is 5.60 Å². The van der Waals surface area contributed by atoms with Crippen LogP contribution in [0.1, 0.15) is 36.5 Å². The third-order valence-corrected chi connectivity index (χ3v) is 3.58. The zero-order valence-corrected chi connectivity index (χ0v) is 11.7. The highest BCUT2D eigenvalue weighted by molar-refractivity contribution is 5.38. The molecule has 1 unspecified atom stereocenters. The Morgan fingerprint density at radius 3 is 2.25 bits per heavy atom. The fraction of sp³-hybridized carbons (Fsp3) is 0.294. The molecule has 1 atom stereocenters. The van der Waals surface area contributed by atoms with E-state index in [0.29, 0.717) is 18.4 Å². The molecule has 0 saturated heterocycles. The maximum absolute atomic E-state index is 14.2. The Hall–Kier alpha value is -1.74. The van der Waals surface area contributed by atoms with Gasteiger partial charge in [-0.15, -0.1) is 0 Å². The van der Waals surface area contributed by atoms with Crippen LogP contribution in [0, 0.1) is 18.6 Å². The van der Waals surface area contributed by atoms with Crippen molar-refractivity contribution in [1.82, 2.24) is 0 Å². The second-order valence-electron chi connectivity index (χ2n) is 5.03. The molecule has 2 aromatic carbocycles. The Bertz CT molecular complexity index is 595. The topological polar surface area (TPSA) is 20.2 Å². The Morgan fingerprint density at radius 1 is 1.00 bits per heavy atom. The average Bonchev–Trinajstić information content (AvgIpc) is 2.46. The van der Waals surface area contributed by atoms with Crippen molar-refractivity contribution in [1.29, 1.82) is 0 Å². The number of hydrogen-bond acceptors (Lipinski definition) is 1. The molecule has 0 radical (unpaired) electrons. The van der Waals surface area contributed by atoms with Crippen LogP contribution in [0.4, 0.5) is 8.78 Å². The Labute approximate surface area is 117 Å². The van der Waals surface area contributed by atoms with E-state index in [1.807, 2.05) is 13.0 Å². The van der Waals surface area contributed by atoms with E-state index in [1.165, 1.54) is 19.1 Å². The van der Waals surface area contributed by atoms with Crippen molar-refractivity contribution >= 4 is 0 Å². The first-order valence-electron chi connectivity index (χ1n) is 6.73. The van der Waals surface area contributed by atoms with Crippen LogP contribution in [-0.4, -0.2) is 5.11 Å². The summed E-state index contributed by atoms with van der Waals surface area (Å²) in [6, 6.07) is 11.8. The minimum absolute atomic E-state index is 0.00588. The van der Waals surface area contributed by atoms with Crippen LogP contribution in [0.25, 0.3) is 0 Å². The minimum Gasteiger partial charge on any atom is -0.380 e. The molecular formula is C17H18F2O. The van der Waals surface area contributed by atoms with Crippen molar-refractivity contribution in [2.24, 2.45) is 0 Å². The van der Waals surface area contributed by atoms with Gasteiger partial charge in [0.15, 0.2) is 11.6 Å². The fourth-order valence-corrected chi connectivity index (χ4v) is 2.48. The van der Waals surface area contributed by atoms with Crippen molar-refractivity contribution in [3.63, 3.8) is 0 Å². The second-order valence-corrected chi connectivity index (χ2v) is 5.03. The van der Waals surface area contributed by atoms with Gasteiger partial charge in [-0.1, -0.05) is 55.8 Å². The van der Waals surface area contributed by atoms with Gasteiger partial charge in [-0.25, -0.2) is 8.78 Å². The zero-order valence-electron chi connectivity index (χ0n) is 11.7. The number of aliphatic hydroxyl groups is 1. The predicted molar refractivity (Wildman–Crippen MR) is 75.4 cm³/mol. The Kier molecular flexibility index (Phi) is 4.19. The normalized spacial score (nSPS) is 14.1. The SMILES string of the molecule is CCCC(O)(c1ccccc1)c1ccc(C)c(F)c1F. The van der Waals surface area contributed by atoms with Crippen LogP contribution in [0.2, 0.25) is 0 Å². The molecule has 0 fully saturated rings. The molecule has 0 bridgehead atoms. The molecule has 0 aliphatic rings. The summed E-state index contributed by atoms with van der Waals surface area (Å²) in [4.78, 5) is 0. The Balaban J connectivity index is 2.63. The number of benzene rings is 2. The monoisotopic (exact) mass is 276 g/mol. The van der Waals surface area contributed by atoms with Crippen molar-refractivity contribution < 1.29 is 13.9 Å². The molecule has 2 aromatic rings. The summed E-state index contributed by atoms with van der Waals surface area (Å²) in [5.74, 6) is -1.86. The molecule has 0 heterocycles. The lowest BCUT2D eigenvalue weighted by atomic mass is 9.82. The van der Waals surface area contributed by atoms with E-state index in [0.717, 1.165) is 0 Å². The first-order valence-corrected chi connectivity index (χ1v) is 6.73. The summed E-state index contributed by atoms with van der Waals surface area (Å²) in [7, 11) is 0. The van der Waals surface area contributed by atoms with Gasteiger partial charge in [0.2, 0.25) is 0 Å². The largest absolute Gasteiger partial charge is 0.380 e. The van der Waals surface area contributed by atoms with E-state index in [2.05, 4.69) is 0 Å². The van der Waals surface area contributed by atoms with Gasteiger partial charge in [0.05, 0.1) is 0 Å². The van der Waals surface area contributed by atoms with Gasteiger partial charge in [-0.05, 0) is 24.5 Å². The van der Waals surface area contributed by atoms with Crippen molar-refractivity contribution in [3.8, 4) is 0 Å². The number of rotatable bonds is 4. The van der Waals surface area contributed by atoms with Gasteiger partial charge >= 0.3 is 0 Å². The smallest absolute Gasteiger partial charge is 0.165 e. The summed E-state index contributed by atoms with van der Waals surface area (Å²) in [6.45, 7) is 3.40. The summed E-state index contributed by atoms with van der Waals surface area (Å²) >= 11 is 0. The summed E-state index contributed by atoms with van der Waals surface area (Å²) in [5.41, 5.74) is -0.704. The lowest BCUT2D eigenvalue weighted by molar-refractivity contribution is 0.0655. The van der Waals surface area contributed by atoms with Gasteiger partial charge < -0.3 is 5.11 Å². The van der Waals surface area contributed by atoms with E-state index in [-0.39, 0.29) is 11.1 Å². The molecule has 106 valence electrons. The molecule has 0 aromatic heterocycles. The van der Waals surface area contributed by atoms with Crippen LogP contribution in [0.15, 0.2) is 42.5 Å². The first kappa shape index (κ1) is 14.7. The van der Waals surface area contributed by atoms with Gasteiger partial charge in [0, 0.05) is 5.56 Å². The third kappa shape index (κ3) is 2.46. The number of halogens is 2. The van der Waals surface area contributed by atoms with Gasteiger partial charge in [0.25, 0.3) is 0 Å². The average molecular weight is 276 g/mol. The van der Waals surface area contributed by atoms with Crippen LogP contribution >= 0.6 is 0 Å². The molecule has 1 N–H and O–H groups in total. The van der Waals surface area contributed by atoms with E-state index < -0.39 is 17.2 Å². The lowest BCUT2D eigenvalue weighted by Gasteiger charge is -2.29. The summed E-state index contributed by atoms with van der Waals surface area (Å²) in [6.07, 6.45) is 0.983. The molecule has 2 rings (SSSR count). The van der Waals surface area contributed by atoms with Crippen molar-refractivity contribution in [3.05, 3.63) is 70.8 Å². The van der Waals surface area contributed by atoms with E-state index in [4.69, 9.17) is 0 Å². The molecule has 1 nitrogen and oxygen atoms in total. The molecule has 0 amide bonds. The van der Waals surface area contributed by atoms with E-state index in [9.17, 15) is 13.9 Å². The highest BCUT2D eigenvalue weighted by Gasteiger charge is 2.34. The maximum Gasteiger partial charge on any atom is 0.165 e. The highest BCUT2D eigenvalue weighted by atomic mass is 19.2. The molecule has 0 spiro atoms. The molecule has 0 aliphatic heterocycles. The molecule has 3 heteroatoms. The lowest BCUT2D eigenvalue weighted by Crippen LogP contribution is -2.29. The van der Waals surface area contributed by atoms with Crippen molar-refractivity contribution in [2.75, 3.05) is 0 Å². The van der Waals surface area contributed by atoms with E-state index in [1.54, 1.807) is 24.3 Å². The van der Waals surface area contributed by atoms with Crippen LogP contribution < -0.4 is 0 Å². The summed E-state index contributed by atoms with van der Waals surface area (Å²) in [5, 5.41) is 10.9. The predicted octanol–water partition coefficient (Wildman–Crippen LogP) is 4.31. The summed E-state index contributed by atoms with van der Waals surface area (Å²) < 4.78 is 28.0. The highest BCUT2D eigenvalue weighted by Crippen LogP contribution is 2.36. The first-order chi connectivity index (χ1) is 9.50. The van der Waals surface area contributed by atoms with Gasteiger partial charge in [-0.2, -0.15) is 0 Å². The van der Waals surface area contributed by atoms with Gasteiger partial charge in [0.1, 0.15) is 5.60 Å². The third-order valence-electron chi connectivity index (χ3n) is 3.58. The van der Waals surface area contributed by atoms with Crippen molar-refractivity contribution in [2.45, 2.75) is 32.3 Å². The molecular weight excluding hydrogens is 258 g/mol. The maximum atomic E-state index is 14.2. The van der Waals surface area contributed by atoms with E-state index >= 15 is 0 Å². The number of aryl methyl sites for hydroxylation is 1. The Morgan fingerprint density at radius 2 is 1.65 bits per heavy atom. The zero-order chi connectivity index (χ0) is 14.8. The molecule has 0 saturated carbocycles. The van der Waals surface area contributed by atoms with Crippen LogP contribution in [0.3, 0.4) is 0 Å². The van der Waals surface area contributed by atoms with Gasteiger partial charge in [-0.3, -0.25) is 0 Å². The second kappa shape index (κ2) is 5.71. The quantitative estimate of drug-likeness (QED) is 0.882. The standard InChI is InChI=1S/C17H18F2O/c1-3-11-17(20,13-7-5-4-6-8-13)14-10-9-12(2)15(18)16(14)19/h4-10,20H,3,11H2,1-2H3. The minimum atomic E-state index is -1.51. The molecule has 0 aliphatic carbocycles. The molecule has 20 heavy (non-hydrogen) atoms. The fourth-order valence-electron chi connectivity index (χ4n) is 2.48.